The first-order chi connectivity index (χ1) is 8.98. The standard InChI is InChI=1S/C13H15BrFNO2S/c14-12-7-10(15)3-6-13(12)19(17,18)16(11-4-5-11)8-9-1-2-9/h3,6-7,9,11H,1-2,4-5,8H2. The molecule has 0 atom stereocenters. The lowest BCUT2D eigenvalue weighted by Gasteiger charge is -2.22. The van der Waals surface area contributed by atoms with Crippen molar-refractivity contribution in [1.29, 1.82) is 0 Å². The second-order valence-electron chi connectivity index (χ2n) is 5.32. The minimum absolute atomic E-state index is 0.141. The largest absolute Gasteiger partial charge is 0.244 e. The SMILES string of the molecule is O=S(=O)(c1ccc(F)cc1Br)N(CC1CC1)C1CC1. The summed E-state index contributed by atoms with van der Waals surface area (Å²) in [5.41, 5.74) is 0. The van der Waals surface area contributed by atoms with Gasteiger partial charge < -0.3 is 0 Å². The van der Waals surface area contributed by atoms with Gasteiger partial charge in [0.2, 0.25) is 10.0 Å². The van der Waals surface area contributed by atoms with Gasteiger partial charge in [-0.2, -0.15) is 4.31 Å². The number of nitrogens with zero attached hydrogens (tertiary/aromatic N) is 1. The normalized spacial score (nSPS) is 19.9. The second kappa shape index (κ2) is 4.82. The maximum Gasteiger partial charge on any atom is 0.244 e. The van der Waals surface area contributed by atoms with Gasteiger partial charge in [0.25, 0.3) is 0 Å². The maximum atomic E-state index is 13.1. The molecule has 0 amide bonds. The average Bonchev–Trinajstić information content (AvgIpc) is 3.19. The van der Waals surface area contributed by atoms with Crippen LogP contribution in [0.2, 0.25) is 0 Å². The molecule has 0 spiro atoms. The molecule has 3 rings (SSSR count). The third kappa shape index (κ3) is 2.85. The van der Waals surface area contributed by atoms with Gasteiger partial charge in [-0.15, -0.1) is 0 Å². The molecular formula is C13H15BrFNO2S. The van der Waals surface area contributed by atoms with Crippen molar-refractivity contribution >= 4 is 26.0 Å². The Morgan fingerprint density at radius 1 is 1.26 bits per heavy atom. The Morgan fingerprint density at radius 3 is 2.47 bits per heavy atom. The molecule has 2 aliphatic rings. The zero-order chi connectivity index (χ0) is 13.6. The lowest BCUT2D eigenvalue weighted by Crippen LogP contribution is -2.35. The summed E-state index contributed by atoms with van der Waals surface area (Å²) in [6, 6.07) is 3.88. The molecule has 0 radical (unpaired) electrons. The first-order valence-electron chi connectivity index (χ1n) is 6.45. The summed E-state index contributed by atoms with van der Waals surface area (Å²) in [6.07, 6.45) is 4.10. The highest BCUT2D eigenvalue weighted by molar-refractivity contribution is 9.10. The maximum absolute atomic E-state index is 13.1. The van der Waals surface area contributed by atoms with Crippen LogP contribution in [-0.2, 0) is 10.0 Å². The minimum Gasteiger partial charge on any atom is -0.207 e. The number of hydrogen-bond acceptors (Lipinski definition) is 2. The van der Waals surface area contributed by atoms with Gasteiger partial charge in [-0.25, -0.2) is 12.8 Å². The van der Waals surface area contributed by atoms with E-state index in [1.54, 1.807) is 4.31 Å². The van der Waals surface area contributed by atoms with E-state index in [9.17, 15) is 12.8 Å². The van der Waals surface area contributed by atoms with Gasteiger partial charge in [0, 0.05) is 17.1 Å². The fourth-order valence-corrected chi connectivity index (χ4v) is 4.94. The van der Waals surface area contributed by atoms with Gasteiger partial charge in [-0.05, 0) is 65.7 Å². The summed E-state index contributed by atoms with van der Waals surface area (Å²) < 4.78 is 40.4. The lowest BCUT2D eigenvalue weighted by molar-refractivity contribution is 0.388. The fourth-order valence-electron chi connectivity index (χ4n) is 2.17. The summed E-state index contributed by atoms with van der Waals surface area (Å²) in [7, 11) is -3.52. The fraction of sp³-hybridized carbons (Fsp3) is 0.538. The van der Waals surface area contributed by atoms with Crippen LogP contribution in [0.4, 0.5) is 4.39 Å². The zero-order valence-corrected chi connectivity index (χ0v) is 12.8. The molecular weight excluding hydrogens is 333 g/mol. The lowest BCUT2D eigenvalue weighted by atomic mass is 10.3. The van der Waals surface area contributed by atoms with E-state index in [0.29, 0.717) is 16.9 Å². The molecule has 0 heterocycles. The average molecular weight is 348 g/mol. The van der Waals surface area contributed by atoms with E-state index in [4.69, 9.17) is 0 Å². The van der Waals surface area contributed by atoms with Gasteiger partial charge in [0.1, 0.15) is 5.82 Å². The van der Waals surface area contributed by atoms with E-state index >= 15 is 0 Å². The molecule has 104 valence electrons. The zero-order valence-electron chi connectivity index (χ0n) is 10.4. The molecule has 0 N–H and O–H groups in total. The smallest absolute Gasteiger partial charge is 0.207 e. The van der Waals surface area contributed by atoms with E-state index < -0.39 is 15.8 Å². The van der Waals surface area contributed by atoms with Crippen molar-refractivity contribution in [3.05, 3.63) is 28.5 Å². The third-order valence-corrected chi connectivity index (χ3v) is 6.46. The van der Waals surface area contributed by atoms with Gasteiger partial charge in [0.05, 0.1) is 4.90 Å². The van der Waals surface area contributed by atoms with Crippen molar-refractivity contribution in [2.75, 3.05) is 6.54 Å². The van der Waals surface area contributed by atoms with E-state index in [-0.39, 0.29) is 10.9 Å². The minimum atomic E-state index is -3.52. The van der Waals surface area contributed by atoms with E-state index in [0.717, 1.165) is 25.7 Å². The van der Waals surface area contributed by atoms with Crippen molar-refractivity contribution in [2.24, 2.45) is 5.92 Å². The van der Waals surface area contributed by atoms with E-state index in [2.05, 4.69) is 15.9 Å². The Hall–Kier alpha value is -0.460. The van der Waals surface area contributed by atoms with Crippen molar-refractivity contribution in [2.45, 2.75) is 36.6 Å². The molecule has 0 unspecified atom stereocenters. The Labute approximate surface area is 121 Å². The Morgan fingerprint density at radius 2 is 1.95 bits per heavy atom. The highest BCUT2D eigenvalue weighted by atomic mass is 79.9. The Bertz CT molecular complexity index is 597. The highest BCUT2D eigenvalue weighted by Crippen LogP contribution is 2.39. The molecule has 0 saturated heterocycles. The van der Waals surface area contributed by atoms with Crippen LogP contribution in [0.15, 0.2) is 27.6 Å². The van der Waals surface area contributed by atoms with Crippen LogP contribution in [0, 0.1) is 11.7 Å². The highest BCUT2D eigenvalue weighted by Gasteiger charge is 2.41. The Kier molecular flexibility index (Phi) is 3.43. The summed E-state index contributed by atoms with van der Waals surface area (Å²) >= 11 is 3.16. The van der Waals surface area contributed by atoms with Gasteiger partial charge in [-0.3, -0.25) is 0 Å². The van der Waals surface area contributed by atoms with Gasteiger partial charge in [0.15, 0.2) is 0 Å². The molecule has 0 bridgehead atoms. The molecule has 19 heavy (non-hydrogen) atoms. The summed E-state index contributed by atoms with van der Waals surface area (Å²) in [6.45, 7) is 0.608. The predicted octanol–water partition coefficient (Wildman–Crippen LogP) is 3.15. The van der Waals surface area contributed by atoms with Crippen LogP contribution < -0.4 is 0 Å². The van der Waals surface area contributed by atoms with Crippen LogP contribution >= 0.6 is 15.9 Å². The molecule has 0 aliphatic heterocycles. The second-order valence-corrected chi connectivity index (χ2v) is 8.04. The summed E-state index contributed by atoms with van der Waals surface area (Å²) in [4.78, 5) is 0.168. The van der Waals surface area contributed by atoms with Crippen molar-refractivity contribution in [3.63, 3.8) is 0 Å². The van der Waals surface area contributed by atoms with E-state index in [1.165, 1.54) is 18.2 Å². The van der Waals surface area contributed by atoms with Crippen molar-refractivity contribution in [3.8, 4) is 0 Å². The molecule has 2 saturated carbocycles. The van der Waals surface area contributed by atoms with Crippen molar-refractivity contribution < 1.29 is 12.8 Å². The molecule has 3 nitrogen and oxygen atoms in total. The first-order valence-corrected chi connectivity index (χ1v) is 8.68. The first kappa shape index (κ1) is 13.5. The molecule has 1 aromatic rings. The molecule has 6 heteroatoms. The van der Waals surface area contributed by atoms with Gasteiger partial charge >= 0.3 is 0 Å². The number of halogens is 2. The molecule has 2 fully saturated rings. The molecule has 0 aromatic heterocycles. The number of sulfonamides is 1. The third-order valence-electron chi connectivity index (χ3n) is 3.57. The predicted molar refractivity (Wildman–Crippen MR) is 73.7 cm³/mol. The van der Waals surface area contributed by atoms with E-state index in [1.807, 2.05) is 0 Å². The number of rotatable bonds is 5. The molecule has 2 aliphatic carbocycles. The number of benzene rings is 1. The van der Waals surface area contributed by atoms with Crippen LogP contribution in [0.3, 0.4) is 0 Å². The Balaban J connectivity index is 1.94. The summed E-state index contributed by atoms with van der Waals surface area (Å²) in [5, 5.41) is 0. The van der Waals surface area contributed by atoms with Crippen LogP contribution in [0.1, 0.15) is 25.7 Å². The van der Waals surface area contributed by atoms with Crippen LogP contribution in [0.25, 0.3) is 0 Å². The van der Waals surface area contributed by atoms with Gasteiger partial charge in [-0.1, -0.05) is 0 Å². The van der Waals surface area contributed by atoms with Crippen molar-refractivity contribution in [1.82, 2.24) is 4.31 Å². The topological polar surface area (TPSA) is 37.4 Å². The van der Waals surface area contributed by atoms with Crippen LogP contribution in [0.5, 0.6) is 0 Å². The monoisotopic (exact) mass is 347 g/mol. The number of hydrogen-bond donors (Lipinski definition) is 0. The quantitative estimate of drug-likeness (QED) is 0.820. The molecule has 1 aromatic carbocycles. The summed E-state index contributed by atoms with van der Waals surface area (Å²) in [5.74, 6) is 0.0700. The van der Waals surface area contributed by atoms with Crippen LogP contribution in [-0.4, -0.2) is 25.3 Å².